The van der Waals surface area contributed by atoms with Crippen LogP contribution < -0.4 is 0 Å². The number of phenols is 1. The molecule has 0 fully saturated rings. The highest BCUT2D eigenvalue weighted by Gasteiger charge is 2.35. The molecule has 0 saturated carbocycles. The first-order valence-corrected chi connectivity index (χ1v) is 7.08. The second-order valence-electron chi connectivity index (χ2n) is 6.06. The van der Waals surface area contributed by atoms with Gasteiger partial charge in [0.05, 0.1) is 5.92 Å². The lowest BCUT2D eigenvalue weighted by molar-refractivity contribution is -0.141. The molecule has 1 aromatic carbocycles. The Morgan fingerprint density at radius 3 is 2.70 bits per heavy atom. The maximum atomic E-state index is 11.0. The maximum Gasteiger partial charge on any atom is 0.307 e. The maximum absolute atomic E-state index is 11.0. The minimum atomic E-state index is -0.781. The SMILES string of the molecule is Cc1ccc(O)c2c1C(C)CC2N(C)CC(C)C(=O)O. The monoisotopic (exact) mass is 277 g/mol. The van der Waals surface area contributed by atoms with Crippen molar-refractivity contribution in [3.63, 3.8) is 0 Å². The predicted molar refractivity (Wildman–Crippen MR) is 78.0 cm³/mol. The number of aromatic hydroxyl groups is 1. The fraction of sp³-hybridized carbons (Fsp3) is 0.562. The molecule has 20 heavy (non-hydrogen) atoms. The summed E-state index contributed by atoms with van der Waals surface area (Å²) in [6, 6.07) is 3.79. The van der Waals surface area contributed by atoms with E-state index in [1.165, 1.54) is 11.1 Å². The molecule has 2 rings (SSSR count). The second kappa shape index (κ2) is 5.44. The second-order valence-corrected chi connectivity index (χ2v) is 6.06. The van der Waals surface area contributed by atoms with Crippen LogP contribution in [0.3, 0.4) is 0 Å². The molecule has 1 aliphatic rings. The van der Waals surface area contributed by atoms with Crippen molar-refractivity contribution in [2.45, 2.75) is 39.2 Å². The van der Waals surface area contributed by atoms with Crippen molar-refractivity contribution in [2.24, 2.45) is 5.92 Å². The first-order valence-electron chi connectivity index (χ1n) is 7.08. The minimum Gasteiger partial charge on any atom is -0.508 e. The number of hydrogen-bond acceptors (Lipinski definition) is 3. The van der Waals surface area contributed by atoms with Gasteiger partial charge in [0.1, 0.15) is 5.75 Å². The standard InChI is InChI=1S/C16H23NO3/c1-9-5-6-13(18)15-12(7-10(2)14(9)15)17(4)8-11(3)16(19)20/h5-6,10-12,18H,7-8H2,1-4H3,(H,19,20). The van der Waals surface area contributed by atoms with Crippen LogP contribution in [-0.2, 0) is 4.79 Å². The van der Waals surface area contributed by atoms with Gasteiger partial charge in [-0.05, 0) is 43.5 Å². The molecule has 1 aromatic rings. The molecule has 2 N–H and O–H groups in total. The van der Waals surface area contributed by atoms with E-state index in [9.17, 15) is 9.90 Å². The van der Waals surface area contributed by atoms with Gasteiger partial charge in [-0.15, -0.1) is 0 Å². The minimum absolute atomic E-state index is 0.0988. The van der Waals surface area contributed by atoms with Crippen LogP contribution in [0.2, 0.25) is 0 Å². The van der Waals surface area contributed by atoms with Gasteiger partial charge < -0.3 is 10.2 Å². The van der Waals surface area contributed by atoms with Gasteiger partial charge >= 0.3 is 5.97 Å². The summed E-state index contributed by atoms with van der Waals surface area (Å²) in [4.78, 5) is 13.1. The fourth-order valence-electron chi connectivity index (χ4n) is 3.35. The number of hydrogen-bond donors (Lipinski definition) is 2. The number of fused-ring (bicyclic) bond motifs is 1. The van der Waals surface area contributed by atoms with Gasteiger partial charge in [-0.25, -0.2) is 0 Å². The first kappa shape index (κ1) is 14.9. The summed E-state index contributed by atoms with van der Waals surface area (Å²) in [6.45, 7) is 6.44. The molecule has 1 aliphatic carbocycles. The summed E-state index contributed by atoms with van der Waals surface area (Å²) in [7, 11) is 1.94. The average molecular weight is 277 g/mol. The van der Waals surface area contributed by atoms with E-state index in [4.69, 9.17) is 5.11 Å². The molecule has 3 atom stereocenters. The third kappa shape index (κ3) is 2.52. The smallest absolute Gasteiger partial charge is 0.307 e. The molecular weight excluding hydrogens is 254 g/mol. The van der Waals surface area contributed by atoms with Gasteiger partial charge in [-0.2, -0.15) is 0 Å². The van der Waals surface area contributed by atoms with Crippen molar-refractivity contribution in [1.82, 2.24) is 4.90 Å². The van der Waals surface area contributed by atoms with Crippen LogP contribution in [0, 0.1) is 12.8 Å². The number of aryl methyl sites for hydroxylation is 1. The van der Waals surface area contributed by atoms with E-state index in [2.05, 4.69) is 18.7 Å². The van der Waals surface area contributed by atoms with Gasteiger partial charge in [-0.1, -0.05) is 19.9 Å². The predicted octanol–water partition coefficient (Wildman–Crippen LogP) is 2.90. The largest absolute Gasteiger partial charge is 0.508 e. The van der Waals surface area contributed by atoms with Crippen molar-refractivity contribution in [3.05, 3.63) is 28.8 Å². The van der Waals surface area contributed by atoms with Crippen molar-refractivity contribution >= 4 is 5.97 Å². The number of carbonyl (C=O) groups is 1. The highest BCUT2D eigenvalue weighted by atomic mass is 16.4. The normalized spacial score (nSPS) is 22.9. The molecule has 4 heteroatoms. The highest BCUT2D eigenvalue weighted by Crippen LogP contribution is 2.48. The zero-order valence-corrected chi connectivity index (χ0v) is 12.6. The lowest BCUT2D eigenvalue weighted by Gasteiger charge is -2.27. The lowest BCUT2D eigenvalue weighted by Crippen LogP contribution is -2.31. The Balaban J connectivity index is 2.30. The number of carboxylic acid groups (broad SMARTS) is 1. The van der Waals surface area contributed by atoms with Gasteiger partial charge in [0.25, 0.3) is 0 Å². The quantitative estimate of drug-likeness (QED) is 0.888. The van der Waals surface area contributed by atoms with Gasteiger partial charge in [0.15, 0.2) is 0 Å². The summed E-state index contributed by atoms with van der Waals surface area (Å²) < 4.78 is 0. The average Bonchev–Trinajstić information content (AvgIpc) is 2.73. The van der Waals surface area contributed by atoms with Crippen molar-refractivity contribution in [2.75, 3.05) is 13.6 Å². The van der Waals surface area contributed by atoms with Crippen molar-refractivity contribution in [3.8, 4) is 5.75 Å². The van der Waals surface area contributed by atoms with Gasteiger partial charge in [0, 0.05) is 18.2 Å². The molecule has 110 valence electrons. The van der Waals surface area contributed by atoms with Crippen LogP contribution in [-0.4, -0.2) is 34.7 Å². The summed E-state index contributed by atoms with van der Waals surface area (Å²) in [5, 5.41) is 19.2. The van der Waals surface area contributed by atoms with Crippen LogP contribution in [0.1, 0.15) is 48.9 Å². The van der Waals surface area contributed by atoms with E-state index in [0.717, 1.165) is 12.0 Å². The van der Waals surface area contributed by atoms with Crippen LogP contribution >= 0.6 is 0 Å². The molecule has 0 aromatic heterocycles. The molecule has 0 spiro atoms. The van der Waals surface area contributed by atoms with Gasteiger partial charge in [0.2, 0.25) is 0 Å². The summed E-state index contributed by atoms with van der Waals surface area (Å²) in [5.41, 5.74) is 3.41. The zero-order chi connectivity index (χ0) is 15.0. The molecule has 0 amide bonds. The Bertz CT molecular complexity index is 527. The molecule has 0 bridgehead atoms. The molecule has 0 aliphatic heterocycles. The van der Waals surface area contributed by atoms with Crippen LogP contribution in [0.25, 0.3) is 0 Å². The molecule has 0 radical (unpaired) electrons. The Morgan fingerprint density at radius 2 is 2.10 bits per heavy atom. The van der Waals surface area contributed by atoms with E-state index in [0.29, 0.717) is 18.2 Å². The topological polar surface area (TPSA) is 60.8 Å². The molecular formula is C16H23NO3. The number of carboxylic acids is 1. The van der Waals surface area contributed by atoms with Crippen LogP contribution in [0.15, 0.2) is 12.1 Å². The number of benzene rings is 1. The Hall–Kier alpha value is -1.55. The Kier molecular flexibility index (Phi) is 4.04. The van der Waals surface area contributed by atoms with Crippen LogP contribution in [0.5, 0.6) is 5.75 Å². The first-order chi connectivity index (χ1) is 9.32. The fourth-order valence-corrected chi connectivity index (χ4v) is 3.35. The Morgan fingerprint density at radius 1 is 1.45 bits per heavy atom. The molecule has 0 heterocycles. The van der Waals surface area contributed by atoms with E-state index in [1.807, 2.05) is 13.1 Å². The third-order valence-corrected chi connectivity index (χ3v) is 4.40. The molecule has 0 saturated heterocycles. The van der Waals surface area contributed by atoms with Crippen LogP contribution in [0.4, 0.5) is 0 Å². The Labute approximate surface area is 120 Å². The number of aliphatic carboxylic acids is 1. The zero-order valence-electron chi connectivity index (χ0n) is 12.6. The molecule has 3 unspecified atom stereocenters. The number of phenolic OH excluding ortho intramolecular Hbond substituents is 1. The van der Waals surface area contributed by atoms with E-state index in [-0.39, 0.29) is 6.04 Å². The number of nitrogens with zero attached hydrogens (tertiary/aromatic N) is 1. The summed E-state index contributed by atoms with van der Waals surface area (Å²) in [5.74, 6) is -0.470. The summed E-state index contributed by atoms with van der Waals surface area (Å²) in [6.07, 6.45) is 0.927. The van der Waals surface area contributed by atoms with Crippen molar-refractivity contribution in [1.29, 1.82) is 0 Å². The number of rotatable bonds is 4. The highest BCUT2D eigenvalue weighted by molar-refractivity contribution is 5.69. The lowest BCUT2D eigenvalue weighted by atomic mass is 9.97. The van der Waals surface area contributed by atoms with E-state index in [1.54, 1.807) is 13.0 Å². The third-order valence-electron chi connectivity index (χ3n) is 4.40. The molecule has 4 nitrogen and oxygen atoms in total. The van der Waals surface area contributed by atoms with E-state index >= 15 is 0 Å². The summed E-state index contributed by atoms with van der Waals surface area (Å²) >= 11 is 0. The van der Waals surface area contributed by atoms with Gasteiger partial charge in [-0.3, -0.25) is 9.69 Å². The van der Waals surface area contributed by atoms with E-state index < -0.39 is 11.9 Å². The van der Waals surface area contributed by atoms with Crippen molar-refractivity contribution < 1.29 is 15.0 Å².